The van der Waals surface area contributed by atoms with E-state index in [1.807, 2.05) is 0 Å². The Kier molecular flexibility index (Phi) is 1.81. The van der Waals surface area contributed by atoms with Crippen molar-refractivity contribution in [3.05, 3.63) is 0 Å². The molecule has 0 aromatic carbocycles. The molecule has 2 aliphatic heterocycles. The van der Waals surface area contributed by atoms with E-state index >= 15 is 0 Å². The van der Waals surface area contributed by atoms with Gasteiger partial charge < -0.3 is 24.4 Å². The average molecular weight is 190 g/mol. The molecule has 0 aliphatic carbocycles. The minimum atomic E-state index is -1.52. The third kappa shape index (κ3) is 0.939. The Morgan fingerprint density at radius 3 is 2.85 bits per heavy atom. The minimum Gasteiger partial charge on any atom is -0.452 e. The van der Waals surface area contributed by atoms with E-state index in [0.29, 0.717) is 0 Å². The summed E-state index contributed by atoms with van der Waals surface area (Å²) in [7, 11) is 1.29. The Morgan fingerprint density at radius 1 is 1.62 bits per heavy atom. The van der Waals surface area contributed by atoms with Crippen molar-refractivity contribution < 1.29 is 29.2 Å². The molecule has 2 saturated heterocycles. The highest BCUT2D eigenvalue weighted by molar-refractivity contribution is 5.79. The number of aliphatic hydroxyl groups is 2. The van der Waals surface area contributed by atoms with Crippen molar-refractivity contribution in [1.82, 2.24) is 0 Å². The van der Waals surface area contributed by atoms with Gasteiger partial charge in [0.25, 0.3) is 0 Å². The molecule has 0 radical (unpaired) electrons. The van der Waals surface area contributed by atoms with Crippen molar-refractivity contribution in [2.24, 2.45) is 0 Å². The maximum Gasteiger partial charge on any atom is 0.341 e. The van der Waals surface area contributed by atoms with Gasteiger partial charge in [-0.2, -0.15) is 0 Å². The number of hydrogen-bond acceptors (Lipinski definition) is 6. The van der Waals surface area contributed by atoms with Gasteiger partial charge in [-0.1, -0.05) is 0 Å². The fourth-order valence-electron chi connectivity index (χ4n) is 1.69. The number of methoxy groups -OCH3 is 1. The Hall–Kier alpha value is -0.690. The quantitative estimate of drug-likeness (QED) is 0.465. The van der Waals surface area contributed by atoms with Crippen LogP contribution in [0.15, 0.2) is 0 Å². The minimum absolute atomic E-state index is 0.0111. The number of esters is 1. The molecule has 0 aromatic heterocycles. The predicted molar refractivity (Wildman–Crippen MR) is 37.6 cm³/mol. The summed E-state index contributed by atoms with van der Waals surface area (Å²) >= 11 is 0. The Labute approximate surface area is 74.0 Å². The van der Waals surface area contributed by atoms with Gasteiger partial charge in [0, 0.05) is 7.11 Å². The highest BCUT2D eigenvalue weighted by Crippen LogP contribution is 2.38. The first kappa shape index (κ1) is 8.89. The molecular formula is C7H10O6. The van der Waals surface area contributed by atoms with Crippen LogP contribution in [0.3, 0.4) is 0 Å². The average Bonchev–Trinajstić information content (AvgIpc) is 2.56. The molecule has 0 spiro atoms. The van der Waals surface area contributed by atoms with Gasteiger partial charge in [0.1, 0.15) is 6.10 Å². The second-order valence-electron chi connectivity index (χ2n) is 3.06. The summed E-state index contributed by atoms with van der Waals surface area (Å²) in [4.78, 5) is 11.0. The van der Waals surface area contributed by atoms with E-state index in [4.69, 9.17) is 14.2 Å². The van der Waals surface area contributed by atoms with Gasteiger partial charge in [0.15, 0.2) is 6.10 Å². The summed E-state index contributed by atoms with van der Waals surface area (Å²) in [5, 5.41) is 18.7. The van der Waals surface area contributed by atoms with Crippen molar-refractivity contribution >= 4 is 5.97 Å². The highest BCUT2D eigenvalue weighted by atomic mass is 16.8. The van der Waals surface area contributed by atoms with Gasteiger partial charge in [-0.25, -0.2) is 4.79 Å². The van der Waals surface area contributed by atoms with Gasteiger partial charge in [0.05, 0.1) is 6.61 Å². The number of fused-ring (bicyclic) bond motifs is 1. The van der Waals surface area contributed by atoms with Crippen LogP contribution in [0, 0.1) is 0 Å². The van der Waals surface area contributed by atoms with Crippen LogP contribution in [0.4, 0.5) is 0 Å². The first-order chi connectivity index (χ1) is 6.12. The fraction of sp³-hybridized carbons (Fsp3) is 0.857. The van der Waals surface area contributed by atoms with Crippen LogP contribution >= 0.6 is 0 Å². The zero-order valence-electron chi connectivity index (χ0n) is 6.97. The summed E-state index contributed by atoms with van der Waals surface area (Å²) in [6, 6.07) is 0. The second kappa shape index (κ2) is 2.65. The monoisotopic (exact) mass is 190 g/mol. The van der Waals surface area contributed by atoms with Crippen molar-refractivity contribution in [2.45, 2.75) is 24.1 Å². The molecule has 0 amide bonds. The Morgan fingerprint density at radius 2 is 2.31 bits per heavy atom. The van der Waals surface area contributed by atoms with E-state index in [2.05, 4.69) is 0 Å². The molecule has 0 aromatic rings. The van der Waals surface area contributed by atoms with Gasteiger partial charge in [-0.15, -0.1) is 0 Å². The standard InChI is InChI=1S/C7H10O6/c1-11-7-4(9)6(10)13-5(7)3(8)2-12-7/h3-5,8-9H,2H2,1H3/t3?,4-,5?,7-/m1/s1. The molecule has 2 unspecified atom stereocenters. The molecule has 2 N–H and O–H groups in total. The van der Waals surface area contributed by atoms with E-state index < -0.39 is 30.1 Å². The van der Waals surface area contributed by atoms with Crippen LogP contribution in [0.1, 0.15) is 0 Å². The van der Waals surface area contributed by atoms with Crippen LogP contribution in [0.5, 0.6) is 0 Å². The predicted octanol–water partition coefficient (Wildman–Crippen LogP) is -1.99. The van der Waals surface area contributed by atoms with Crippen LogP contribution in [-0.4, -0.2) is 54.0 Å². The molecule has 4 atom stereocenters. The molecule has 6 heteroatoms. The van der Waals surface area contributed by atoms with E-state index in [0.717, 1.165) is 0 Å². The summed E-state index contributed by atoms with van der Waals surface area (Å²) in [5.41, 5.74) is 0. The topological polar surface area (TPSA) is 85.2 Å². The number of rotatable bonds is 1. The smallest absolute Gasteiger partial charge is 0.341 e. The zero-order valence-corrected chi connectivity index (χ0v) is 6.97. The van der Waals surface area contributed by atoms with Crippen molar-refractivity contribution in [2.75, 3.05) is 13.7 Å². The maximum absolute atomic E-state index is 11.0. The zero-order chi connectivity index (χ0) is 9.64. The molecule has 2 rings (SSSR count). The number of hydrogen-bond donors (Lipinski definition) is 2. The molecular weight excluding hydrogens is 180 g/mol. The SMILES string of the molecule is CO[C@]12OCC(O)C1OC(=O)[C@H]2O. The van der Waals surface area contributed by atoms with E-state index in [-0.39, 0.29) is 6.61 Å². The summed E-state index contributed by atoms with van der Waals surface area (Å²) in [6.45, 7) is -0.0111. The summed E-state index contributed by atoms with van der Waals surface area (Å²) < 4.78 is 14.7. The van der Waals surface area contributed by atoms with Crippen LogP contribution in [-0.2, 0) is 19.0 Å². The highest BCUT2D eigenvalue weighted by Gasteiger charge is 2.65. The van der Waals surface area contributed by atoms with E-state index in [1.54, 1.807) is 0 Å². The van der Waals surface area contributed by atoms with Crippen LogP contribution in [0.25, 0.3) is 0 Å². The molecule has 13 heavy (non-hydrogen) atoms. The summed E-state index contributed by atoms with van der Waals surface area (Å²) in [6.07, 6.45) is -3.36. The lowest BCUT2D eigenvalue weighted by molar-refractivity contribution is -0.242. The maximum atomic E-state index is 11.0. The molecule has 2 fully saturated rings. The third-order valence-corrected chi connectivity index (χ3v) is 2.39. The molecule has 0 saturated carbocycles. The third-order valence-electron chi connectivity index (χ3n) is 2.39. The molecule has 74 valence electrons. The molecule has 2 aliphatic rings. The lowest BCUT2D eigenvalue weighted by Gasteiger charge is -2.25. The normalized spacial score (nSPS) is 49.2. The van der Waals surface area contributed by atoms with Crippen molar-refractivity contribution in [1.29, 1.82) is 0 Å². The van der Waals surface area contributed by atoms with Gasteiger partial charge in [0.2, 0.25) is 11.9 Å². The molecule has 6 nitrogen and oxygen atoms in total. The fourth-order valence-corrected chi connectivity index (χ4v) is 1.69. The van der Waals surface area contributed by atoms with Crippen molar-refractivity contribution in [3.63, 3.8) is 0 Å². The lowest BCUT2D eigenvalue weighted by Crippen LogP contribution is -2.49. The number of carbonyl (C=O) groups is 1. The number of ether oxygens (including phenoxy) is 3. The van der Waals surface area contributed by atoms with Gasteiger partial charge >= 0.3 is 5.97 Å². The molecule has 0 bridgehead atoms. The first-order valence-corrected chi connectivity index (χ1v) is 3.87. The van der Waals surface area contributed by atoms with Crippen LogP contribution < -0.4 is 0 Å². The lowest BCUT2D eigenvalue weighted by atomic mass is 10.1. The van der Waals surface area contributed by atoms with Crippen molar-refractivity contribution in [3.8, 4) is 0 Å². The molecule has 2 heterocycles. The second-order valence-corrected chi connectivity index (χ2v) is 3.06. The van der Waals surface area contributed by atoms with E-state index in [9.17, 15) is 15.0 Å². The van der Waals surface area contributed by atoms with Crippen LogP contribution in [0.2, 0.25) is 0 Å². The van der Waals surface area contributed by atoms with Gasteiger partial charge in [-0.3, -0.25) is 0 Å². The Bertz CT molecular complexity index is 241. The largest absolute Gasteiger partial charge is 0.452 e. The number of carbonyl (C=O) groups excluding carboxylic acids is 1. The van der Waals surface area contributed by atoms with E-state index in [1.165, 1.54) is 7.11 Å². The summed E-state index contributed by atoms with van der Waals surface area (Å²) in [5.74, 6) is -2.35. The number of aliphatic hydroxyl groups excluding tert-OH is 2. The van der Waals surface area contributed by atoms with Gasteiger partial charge in [-0.05, 0) is 0 Å². The first-order valence-electron chi connectivity index (χ1n) is 3.87. The Balaban J connectivity index is 2.33.